The van der Waals surface area contributed by atoms with E-state index in [-0.39, 0.29) is 23.1 Å². The molecule has 1 saturated heterocycles. The van der Waals surface area contributed by atoms with Gasteiger partial charge in [0.25, 0.3) is 0 Å². The molecule has 210 valence electrons. The Kier molecular flexibility index (Phi) is 8.07. The van der Waals surface area contributed by atoms with E-state index in [0.29, 0.717) is 55.3 Å². The van der Waals surface area contributed by atoms with Crippen molar-refractivity contribution in [3.63, 3.8) is 0 Å². The second kappa shape index (κ2) is 11.2. The van der Waals surface area contributed by atoms with Gasteiger partial charge >= 0.3 is 5.97 Å². The van der Waals surface area contributed by atoms with Gasteiger partial charge < -0.3 is 15.0 Å². The highest BCUT2D eigenvalue weighted by atomic mass is 35.5. The van der Waals surface area contributed by atoms with E-state index < -0.39 is 43.9 Å². The van der Waals surface area contributed by atoms with Crippen molar-refractivity contribution in [1.29, 1.82) is 0 Å². The molecule has 0 amide bonds. The van der Waals surface area contributed by atoms with Crippen LogP contribution in [0.1, 0.15) is 42.3 Å². The number of methoxy groups -OCH3 is 1. The van der Waals surface area contributed by atoms with E-state index in [9.17, 15) is 22.0 Å². The minimum atomic E-state index is -3.42. The molecule has 2 aliphatic heterocycles. The number of amidine groups is 1. The van der Waals surface area contributed by atoms with Crippen LogP contribution in [0.3, 0.4) is 0 Å². The Hall–Kier alpha value is -2.45. The van der Waals surface area contributed by atoms with Gasteiger partial charge in [0.1, 0.15) is 11.3 Å². The number of nitrogens with zero attached hydrogens (tertiary/aromatic N) is 3. The van der Waals surface area contributed by atoms with E-state index in [2.05, 4.69) is 20.0 Å². The normalized spacial score (nSPS) is 24.6. The summed E-state index contributed by atoms with van der Waals surface area (Å²) in [6, 6.07) is 0.973. The van der Waals surface area contributed by atoms with Crippen LogP contribution in [0.5, 0.6) is 0 Å². The first-order chi connectivity index (χ1) is 18.6. The average molecular weight is 600 g/mol. The van der Waals surface area contributed by atoms with Crippen molar-refractivity contribution >= 4 is 44.8 Å². The largest absolute Gasteiger partial charge is 0.466 e. The van der Waals surface area contributed by atoms with E-state index in [4.69, 9.17) is 16.3 Å². The molecule has 1 saturated carbocycles. The number of benzene rings is 1. The van der Waals surface area contributed by atoms with Crippen LogP contribution in [0.2, 0.25) is 5.02 Å². The maximum Gasteiger partial charge on any atom is 0.338 e. The third-order valence-electron chi connectivity index (χ3n) is 7.41. The fourth-order valence-electron chi connectivity index (χ4n) is 5.31. The number of hydrogen-bond donors (Lipinski definition) is 2. The molecule has 0 bridgehead atoms. The van der Waals surface area contributed by atoms with Gasteiger partial charge in [-0.05, 0) is 44.7 Å². The smallest absolute Gasteiger partial charge is 0.338 e. The number of sulfonamides is 1. The molecule has 2 fully saturated rings. The summed E-state index contributed by atoms with van der Waals surface area (Å²) in [7, 11) is -0.306. The van der Waals surface area contributed by atoms with Crippen LogP contribution >= 0.6 is 22.9 Å². The van der Waals surface area contributed by atoms with Crippen molar-refractivity contribution in [2.24, 2.45) is 10.9 Å². The number of rotatable bonds is 7. The van der Waals surface area contributed by atoms with Crippen LogP contribution in [0.15, 0.2) is 40.0 Å². The van der Waals surface area contributed by atoms with Gasteiger partial charge in [-0.1, -0.05) is 17.7 Å². The first-order valence-corrected chi connectivity index (χ1v) is 15.3. The van der Waals surface area contributed by atoms with E-state index in [0.717, 1.165) is 6.07 Å². The first kappa shape index (κ1) is 28.1. The summed E-state index contributed by atoms with van der Waals surface area (Å²) in [5, 5.41) is 4.71. The van der Waals surface area contributed by atoms with E-state index >= 15 is 0 Å². The van der Waals surface area contributed by atoms with Crippen LogP contribution in [0.4, 0.5) is 8.78 Å². The van der Waals surface area contributed by atoms with E-state index in [1.807, 2.05) is 11.9 Å². The third kappa shape index (κ3) is 5.60. The van der Waals surface area contributed by atoms with Crippen molar-refractivity contribution in [3.05, 3.63) is 62.2 Å². The van der Waals surface area contributed by atoms with Gasteiger partial charge in [-0.15, -0.1) is 11.3 Å². The molecule has 1 aromatic heterocycles. The van der Waals surface area contributed by atoms with E-state index in [1.54, 1.807) is 11.6 Å². The Morgan fingerprint density at radius 3 is 2.56 bits per heavy atom. The summed E-state index contributed by atoms with van der Waals surface area (Å²) < 4.78 is 61.8. The summed E-state index contributed by atoms with van der Waals surface area (Å²) in [4.78, 5) is 24.1. The molecule has 5 rings (SSSR count). The van der Waals surface area contributed by atoms with Crippen LogP contribution in [-0.2, 0) is 19.6 Å². The van der Waals surface area contributed by atoms with Gasteiger partial charge in [-0.25, -0.2) is 31.7 Å². The number of carbonyl (C=O) groups is 1. The number of carbonyl (C=O) groups excluding carboxylic acids is 1. The lowest BCUT2D eigenvalue weighted by molar-refractivity contribution is -0.136. The summed E-state index contributed by atoms with van der Waals surface area (Å²) in [6.45, 7) is 1.02. The highest BCUT2D eigenvalue weighted by Gasteiger charge is 2.40. The average Bonchev–Trinajstić information content (AvgIpc) is 3.44. The topological polar surface area (TPSA) is 113 Å². The predicted molar refractivity (Wildman–Crippen MR) is 144 cm³/mol. The molecule has 2 N–H and O–H groups in total. The van der Waals surface area contributed by atoms with Gasteiger partial charge in [-0.2, -0.15) is 0 Å². The zero-order valence-electron chi connectivity index (χ0n) is 21.3. The number of nitrogens with one attached hydrogen (secondary N) is 2. The molecule has 1 aliphatic carbocycles. The Morgan fingerprint density at radius 1 is 1.23 bits per heavy atom. The van der Waals surface area contributed by atoms with Gasteiger partial charge in [-0.3, -0.25) is 4.99 Å². The second-order valence-electron chi connectivity index (χ2n) is 9.98. The van der Waals surface area contributed by atoms with Crippen LogP contribution in [-0.4, -0.2) is 68.6 Å². The van der Waals surface area contributed by atoms with Gasteiger partial charge in [0.05, 0.1) is 17.7 Å². The van der Waals surface area contributed by atoms with Crippen molar-refractivity contribution in [2.75, 3.05) is 27.2 Å². The number of halogens is 3. The first-order valence-electron chi connectivity index (χ1n) is 12.5. The molecule has 1 aromatic carbocycles. The van der Waals surface area contributed by atoms with Crippen LogP contribution in [0.25, 0.3) is 0 Å². The Labute approximate surface area is 234 Å². The van der Waals surface area contributed by atoms with Crippen molar-refractivity contribution in [2.45, 2.75) is 43.0 Å². The molecule has 1 unspecified atom stereocenters. The summed E-state index contributed by atoms with van der Waals surface area (Å²) in [5.74, 6) is -2.82. The standard InChI is InChI=1S/C25H28ClF2N5O4S2/c1-33-11-15(12-33)39(35,36)32-14-5-3-13(4-6-14)21-18(25(34)37-2)22(16-7-8-17(27)20(28)19(16)26)31-23(30-21)24-29-9-10-38-24/h7-10,13-15,22,32H,3-6,11-12H2,1-2H3,(H,30,31)/t13-,14-,22?. The zero-order valence-corrected chi connectivity index (χ0v) is 23.7. The summed E-state index contributed by atoms with van der Waals surface area (Å²) in [5.41, 5.74) is 0.804. The fraction of sp³-hybridized carbons (Fsp3) is 0.480. The maximum absolute atomic E-state index is 14.5. The third-order valence-corrected chi connectivity index (χ3v) is 10.4. The van der Waals surface area contributed by atoms with Crippen molar-refractivity contribution < 1.29 is 26.7 Å². The Morgan fingerprint density at radius 2 is 1.95 bits per heavy atom. The highest BCUT2D eigenvalue weighted by molar-refractivity contribution is 7.90. The monoisotopic (exact) mass is 599 g/mol. The molecular weight excluding hydrogens is 572 g/mol. The Bertz CT molecular complexity index is 1420. The summed E-state index contributed by atoms with van der Waals surface area (Å²) in [6.07, 6.45) is 3.88. The number of likely N-dealkylation sites (tertiary alicyclic amines) is 1. The van der Waals surface area contributed by atoms with Crippen molar-refractivity contribution in [1.82, 2.24) is 19.9 Å². The molecule has 3 aliphatic rings. The molecule has 39 heavy (non-hydrogen) atoms. The number of aromatic nitrogens is 1. The number of aliphatic imine (C=N–C) groups is 1. The zero-order chi connectivity index (χ0) is 27.9. The van der Waals surface area contributed by atoms with Crippen LogP contribution in [0, 0.1) is 17.6 Å². The Balaban J connectivity index is 1.46. The predicted octanol–water partition coefficient (Wildman–Crippen LogP) is 3.39. The van der Waals surface area contributed by atoms with Gasteiger partial charge in [0.2, 0.25) is 10.0 Å². The lowest BCUT2D eigenvalue weighted by Gasteiger charge is -2.38. The number of hydrogen-bond acceptors (Lipinski definition) is 9. The van der Waals surface area contributed by atoms with E-state index in [1.165, 1.54) is 24.5 Å². The number of esters is 1. The molecule has 1 atom stereocenters. The lowest BCUT2D eigenvalue weighted by atomic mass is 9.80. The maximum atomic E-state index is 14.5. The minimum absolute atomic E-state index is 0.121. The quantitative estimate of drug-likeness (QED) is 0.371. The molecule has 9 nitrogen and oxygen atoms in total. The lowest BCUT2D eigenvalue weighted by Crippen LogP contribution is -2.57. The van der Waals surface area contributed by atoms with Gasteiger partial charge in [0.15, 0.2) is 22.5 Å². The highest BCUT2D eigenvalue weighted by Crippen LogP contribution is 2.42. The van der Waals surface area contributed by atoms with Crippen molar-refractivity contribution in [3.8, 4) is 0 Å². The number of allylic oxidation sites excluding steroid dienone is 1. The number of thiazole rings is 1. The molecule has 3 heterocycles. The minimum Gasteiger partial charge on any atom is -0.466 e. The SMILES string of the molecule is COC(=O)C1=C([C@H]2CC[C@H](NS(=O)(=O)C3CN(C)C3)CC2)NC(c2nccs2)=NC1c1ccc(F)c(F)c1Cl. The van der Waals surface area contributed by atoms with Crippen LogP contribution < -0.4 is 10.0 Å². The van der Waals surface area contributed by atoms with Gasteiger partial charge in [0, 0.05) is 42.0 Å². The fourth-order valence-corrected chi connectivity index (χ4v) is 7.95. The molecule has 14 heteroatoms. The summed E-state index contributed by atoms with van der Waals surface area (Å²) >= 11 is 7.55. The number of ether oxygens (including phenoxy) is 1. The molecule has 2 aromatic rings. The second-order valence-corrected chi connectivity index (χ2v) is 13.2. The molecule has 0 spiro atoms. The molecular formula is C25H28ClF2N5O4S2. The molecule has 0 radical (unpaired) electrons.